The number of aliphatic hydroxyl groups is 1. The number of amides is 1. The SMILES string of the molecule is O=C(Nc1cccc(S(=O)(=O)N2CCC[C@H](O)C2)c1)c1cnccn1. The molecule has 0 bridgehead atoms. The Bertz CT molecular complexity index is 857. The minimum atomic E-state index is -3.72. The maximum absolute atomic E-state index is 12.7. The van der Waals surface area contributed by atoms with Crippen LogP contribution in [0.4, 0.5) is 5.69 Å². The molecule has 1 aliphatic heterocycles. The predicted octanol–water partition coefficient (Wildman–Crippen LogP) is 0.874. The summed E-state index contributed by atoms with van der Waals surface area (Å²) in [5.41, 5.74) is 0.476. The summed E-state index contributed by atoms with van der Waals surface area (Å²) in [6, 6.07) is 6.01. The molecule has 1 aromatic carbocycles. The van der Waals surface area contributed by atoms with Gasteiger partial charge in [-0.15, -0.1) is 0 Å². The Kier molecular flexibility index (Phi) is 5.07. The number of anilines is 1. The van der Waals surface area contributed by atoms with Gasteiger partial charge in [0.05, 0.1) is 17.2 Å². The van der Waals surface area contributed by atoms with Gasteiger partial charge in [0.25, 0.3) is 5.91 Å². The van der Waals surface area contributed by atoms with E-state index in [9.17, 15) is 18.3 Å². The highest BCUT2D eigenvalue weighted by molar-refractivity contribution is 7.89. The van der Waals surface area contributed by atoms with E-state index in [0.29, 0.717) is 25.1 Å². The van der Waals surface area contributed by atoms with Crippen molar-refractivity contribution in [2.75, 3.05) is 18.4 Å². The number of hydrogen-bond donors (Lipinski definition) is 2. The topological polar surface area (TPSA) is 112 Å². The van der Waals surface area contributed by atoms with E-state index >= 15 is 0 Å². The third-order valence-corrected chi connectivity index (χ3v) is 5.75. The summed E-state index contributed by atoms with van der Waals surface area (Å²) in [5.74, 6) is -0.476. The third-order valence-electron chi connectivity index (χ3n) is 3.88. The lowest BCUT2D eigenvalue weighted by molar-refractivity contribution is 0.102. The number of carbonyl (C=O) groups is 1. The quantitative estimate of drug-likeness (QED) is 0.835. The summed E-state index contributed by atoms with van der Waals surface area (Å²) in [5, 5.41) is 12.3. The average molecular weight is 362 g/mol. The second kappa shape index (κ2) is 7.26. The molecule has 3 rings (SSSR count). The van der Waals surface area contributed by atoms with Gasteiger partial charge >= 0.3 is 0 Å². The Labute approximate surface area is 145 Å². The summed E-state index contributed by atoms with van der Waals surface area (Å²) in [6.45, 7) is 0.452. The van der Waals surface area contributed by atoms with E-state index in [2.05, 4.69) is 15.3 Å². The first-order valence-corrected chi connectivity index (χ1v) is 9.26. The van der Waals surface area contributed by atoms with E-state index in [1.165, 1.54) is 35.0 Å². The van der Waals surface area contributed by atoms with Gasteiger partial charge in [-0.05, 0) is 31.0 Å². The zero-order valence-electron chi connectivity index (χ0n) is 13.4. The zero-order valence-corrected chi connectivity index (χ0v) is 14.2. The first kappa shape index (κ1) is 17.5. The molecule has 2 aromatic rings. The van der Waals surface area contributed by atoms with Gasteiger partial charge in [-0.3, -0.25) is 9.78 Å². The van der Waals surface area contributed by atoms with E-state index < -0.39 is 22.0 Å². The molecule has 1 aliphatic rings. The maximum Gasteiger partial charge on any atom is 0.275 e. The van der Waals surface area contributed by atoms with Gasteiger partial charge in [-0.2, -0.15) is 4.31 Å². The smallest absolute Gasteiger partial charge is 0.275 e. The largest absolute Gasteiger partial charge is 0.392 e. The summed E-state index contributed by atoms with van der Waals surface area (Å²) in [4.78, 5) is 19.9. The van der Waals surface area contributed by atoms with Gasteiger partial charge in [0, 0.05) is 31.2 Å². The van der Waals surface area contributed by atoms with E-state index in [1.807, 2.05) is 0 Å². The number of nitrogens with zero attached hydrogens (tertiary/aromatic N) is 3. The molecule has 0 saturated carbocycles. The highest BCUT2D eigenvalue weighted by Crippen LogP contribution is 2.23. The molecule has 0 unspecified atom stereocenters. The molecule has 25 heavy (non-hydrogen) atoms. The third kappa shape index (κ3) is 4.01. The van der Waals surface area contributed by atoms with Gasteiger partial charge in [-0.25, -0.2) is 13.4 Å². The van der Waals surface area contributed by atoms with E-state index in [0.717, 1.165) is 0 Å². The van der Waals surface area contributed by atoms with Crippen LogP contribution in [0.1, 0.15) is 23.3 Å². The molecule has 2 heterocycles. The Morgan fingerprint density at radius 2 is 2.16 bits per heavy atom. The van der Waals surface area contributed by atoms with Crippen LogP contribution in [0.25, 0.3) is 0 Å². The number of aliphatic hydroxyl groups excluding tert-OH is 1. The van der Waals surface area contributed by atoms with Gasteiger partial charge in [0.1, 0.15) is 5.69 Å². The number of benzene rings is 1. The number of piperidine rings is 1. The molecule has 0 radical (unpaired) electrons. The van der Waals surface area contributed by atoms with Gasteiger partial charge in [0.2, 0.25) is 10.0 Å². The fourth-order valence-corrected chi connectivity index (χ4v) is 4.20. The number of nitrogens with one attached hydrogen (secondary N) is 1. The lowest BCUT2D eigenvalue weighted by Crippen LogP contribution is -2.42. The summed E-state index contributed by atoms with van der Waals surface area (Å²) < 4.78 is 26.7. The first-order chi connectivity index (χ1) is 12.0. The first-order valence-electron chi connectivity index (χ1n) is 7.82. The fourth-order valence-electron chi connectivity index (χ4n) is 2.63. The van der Waals surface area contributed by atoms with Crippen LogP contribution < -0.4 is 5.32 Å². The highest BCUT2D eigenvalue weighted by Gasteiger charge is 2.29. The van der Waals surface area contributed by atoms with Gasteiger partial charge in [-0.1, -0.05) is 6.07 Å². The molecule has 2 N–H and O–H groups in total. The van der Waals surface area contributed by atoms with Crippen molar-refractivity contribution >= 4 is 21.6 Å². The van der Waals surface area contributed by atoms with Crippen molar-refractivity contribution in [2.24, 2.45) is 0 Å². The average Bonchev–Trinajstić information content (AvgIpc) is 2.62. The molecule has 1 amide bonds. The maximum atomic E-state index is 12.7. The molecule has 0 aliphatic carbocycles. The minimum absolute atomic E-state index is 0.0681. The molecule has 132 valence electrons. The molecule has 8 nitrogen and oxygen atoms in total. The monoisotopic (exact) mass is 362 g/mol. The van der Waals surface area contributed by atoms with Crippen molar-refractivity contribution in [3.63, 3.8) is 0 Å². The van der Waals surface area contributed by atoms with E-state index in [1.54, 1.807) is 12.1 Å². The van der Waals surface area contributed by atoms with Crippen molar-refractivity contribution in [3.05, 3.63) is 48.5 Å². The molecular formula is C16H18N4O4S. The number of rotatable bonds is 4. The Morgan fingerprint density at radius 1 is 1.32 bits per heavy atom. The summed E-state index contributed by atoms with van der Waals surface area (Å²) in [7, 11) is -3.72. The predicted molar refractivity (Wildman–Crippen MR) is 90.4 cm³/mol. The number of sulfonamides is 1. The fraction of sp³-hybridized carbons (Fsp3) is 0.312. The standard InChI is InChI=1S/C16H18N4O4S/c21-13-4-2-8-20(11-13)25(23,24)14-5-1-3-12(9-14)19-16(22)15-10-17-6-7-18-15/h1,3,5-7,9-10,13,21H,2,4,8,11H2,(H,19,22)/t13-/m0/s1. The lowest BCUT2D eigenvalue weighted by Gasteiger charge is -2.29. The van der Waals surface area contributed by atoms with E-state index in [-0.39, 0.29) is 17.1 Å². The van der Waals surface area contributed by atoms with Crippen LogP contribution in [0, 0.1) is 0 Å². The molecule has 0 spiro atoms. The van der Waals surface area contributed by atoms with Crippen LogP contribution in [-0.2, 0) is 10.0 Å². The van der Waals surface area contributed by atoms with Crippen LogP contribution in [0.2, 0.25) is 0 Å². The molecule has 1 aromatic heterocycles. The van der Waals surface area contributed by atoms with Crippen LogP contribution >= 0.6 is 0 Å². The van der Waals surface area contributed by atoms with Crippen molar-refractivity contribution in [3.8, 4) is 0 Å². The number of β-amino-alcohol motifs (C(OH)–C–C–N with tert-alkyl or cyclic N) is 1. The second-order valence-electron chi connectivity index (χ2n) is 5.73. The molecular weight excluding hydrogens is 344 g/mol. The Hall–Kier alpha value is -2.36. The number of carbonyl (C=O) groups excluding carboxylic acids is 1. The summed E-state index contributed by atoms with van der Waals surface area (Å²) in [6.07, 6.45) is 4.74. The lowest BCUT2D eigenvalue weighted by atomic mass is 10.1. The van der Waals surface area contributed by atoms with Crippen LogP contribution in [0.3, 0.4) is 0 Å². The Balaban J connectivity index is 1.80. The zero-order chi connectivity index (χ0) is 17.9. The van der Waals surface area contributed by atoms with Crippen LogP contribution in [0.15, 0.2) is 47.8 Å². The number of hydrogen-bond acceptors (Lipinski definition) is 6. The normalized spacial score (nSPS) is 18.7. The molecule has 1 saturated heterocycles. The van der Waals surface area contributed by atoms with Crippen LogP contribution in [-0.4, -0.2) is 52.9 Å². The van der Waals surface area contributed by atoms with Gasteiger partial charge < -0.3 is 10.4 Å². The molecule has 9 heteroatoms. The van der Waals surface area contributed by atoms with Crippen LogP contribution in [0.5, 0.6) is 0 Å². The van der Waals surface area contributed by atoms with Crippen molar-refractivity contribution < 1.29 is 18.3 Å². The minimum Gasteiger partial charge on any atom is -0.392 e. The van der Waals surface area contributed by atoms with Gasteiger partial charge in [0.15, 0.2) is 0 Å². The second-order valence-corrected chi connectivity index (χ2v) is 7.67. The highest BCUT2D eigenvalue weighted by atomic mass is 32.2. The van der Waals surface area contributed by atoms with Crippen molar-refractivity contribution in [2.45, 2.75) is 23.8 Å². The Morgan fingerprint density at radius 3 is 2.88 bits per heavy atom. The summed E-state index contributed by atoms with van der Waals surface area (Å²) >= 11 is 0. The number of aromatic nitrogens is 2. The van der Waals surface area contributed by atoms with Crippen molar-refractivity contribution in [1.29, 1.82) is 0 Å². The van der Waals surface area contributed by atoms with Crippen molar-refractivity contribution in [1.82, 2.24) is 14.3 Å². The molecule has 1 fully saturated rings. The molecule has 1 atom stereocenters. The van der Waals surface area contributed by atoms with E-state index in [4.69, 9.17) is 0 Å².